The number of rotatable bonds is 6. The second-order valence-electron chi connectivity index (χ2n) is 6.82. The van der Waals surface area contributed by atoms with Gasteiger partial charge in [-0.2, -0.15) is 0 Å². The molecule has 0 saturated carbocycles. The minimum Gasteiger partial charge on any atom is -0.376 e. The lowest BCUT2D eigenvalue weighted by molar-refractivity contribution is -0.139. The fourth-order valence-corrected chi connectivity index (χ4v) is 3.16. The number of amides is 2. The van der Waals surface area contributed by atoms with Crippen molar-refractivity contribution >= 4 is 22.6 Å². The molecule has 2 N–H and O–H groups in total. The number of hydrogen-bond donors (Lipinski definition) is 2. The van der Waals surface area contributed by atoms with Crippen LogP contribution in [0.15, 0.2) is 42.5 Å². The molecule has 0 bridgehead atoms. The molecular formula is C21H26N2O4. The van der Waals surface area contributed by atoms with E-state index in [1.165, 1.54) is 0 Å². The molecule has 3 rings (SSSR count). The van der Waals surface area contributed by atoms with Gasteiger partial charge in [0.15, 0.2) is 0 Å². The summed E-state index contributed by atoms with van der Waals surface area (Å²) in [5.41, 5.74) is 5.81. The number of fused-ring (bicyclic) bond motifs is 1. The van der Waals surface area contributed by atoms with Gasteiger partial charge >= 0.3 is 0 Å². The number of benzene rings is 2. The molecule has 144 valence electrons. The van der Waals surface area contributed by atoms with Crippen LogP contribution in [0, 0.1) is 0 Å². The van der Waals surface area contributed by atoms with E-state index in [0.717, 1.165) is 42.2 Å². The van der Waals surface area contributed by atoms with Crippen molar-refractivity contribution in [2.24, 2.45) is 0 Å². The Balaban J connectivity index is 1.44. The summed E-state index contributed by atoms with van der Waals surface area (Å²) >= 11 is 0. The highest BCUT2D eigenvalue weighted by Crippen LogP contribution is 2.18. The molecule has 1 aliphatic rings. The van der Waals surface area contributed by atoms with Crippen LogP contribution in [0.5, 0.6) is 0 Å². The van der Waals surface area contributed by atoms with Crippen LogP contribution in [0.3, 0.4) is 0 Å². The monoisotopic (exact) mass is 370 g/mol. The number of carbonyl (C=O) groups excluding carboxylic acids is 2. The van der Waals surface area contributed by atoms with E-state index in [2.05, 4.69) is 10.9 Å². The molecule has 0 radical (unpaired) electrons. The molecule has 1 fully saturated rings. The summed E-state index contributed by atoms with van der Waals surface area (Å²) in [6, 6.07) is 13.8. The minimum atomic E-state index is -0.659. The van der Waals surface area contributed by atoms with E-state index in [9.17, 15) is 9.59 Å². The number of hydrazine groups is 1. The molecule has 1 aliphatic heterocycles. The summed E-state index contributed by atoms with van der Waals surface area (Å²) in [5.74, 6) is -0.653. The fourth-order valence-electron chi connectivity index (χ4n) is 3.16. The lowest BCUT2D eigenvalue weighted by Crippen LogP contribution is -2.47. The van der Waals surface area contributed by atoms with Crippen LogP contribution in [0.2, 0.25) is 0 Å². The Kier molecular flexibility index (Phi) is 6.79. The first kappa shape index (κ1) is 19.3. The molecular weight excluding hydrogens is 344 g/mol. The van der Waals surface area contributed by atoms with E-state index in [1.54, 1.807) is 6.92 Å². The summed E-state index contributed by atoms with van der Waals surface area (Å²) in [7, 11) is 0. The van der Waals surface area contributed by atoms with Crippen molar-refractivity contribution in [3.05, 3.63) is 48.0 Å². The van der Waals surface area contributed by atoms with E-state index in [1.807, 2.05) is 42.5 Å². The predicted octanol–water partition coefficient (Wildman–Crippen LogP) is 2.50. The highest BCUT2D eigenvalue weighted by Gasteiger charge is 2.19. The quantitative estimate of drug-likeness (QED) is 0.766. The minimum absolute atomic E-state index is 0.0509. The molecule has 2 atom stereocenters. The Hall–Kier alpha value is -2.44. The van der Waals surface area contributed by atoms with Crippen LogP contribution in [0.25, 0.3) is 10.8 Å². The number of ether oxygens (including phenoxy) is 2. The molecule has 27 heavy (non-hydrogen) atoms. The van der Waals surface area contributed by atoms with Crippen LogP contribution < -0.4 is 10.9 Å². The summed E-state index contributed by atoms with van der Waals surface area (Å²) in [6.45, 7) is 2.80. The largest absolute Gasteiger partial charge is 0.376 e. The summed E-state index contributed by atoms with van der Waals surface area (Å²) in [6.07, 6.45) is 2.74. The van der Waals surface area contributed by atoms with Gasteiger partial charge in [-0.15, -0.1) is 0 Å². The summed E-state index contributed by atoms with van der Waals surface area (Å²) < 4.78 is 11.1. The maximum absolute atomic E-state index is 12.2. The van der Waals surface area contributed by atoms with E-state index in [0.29, 0.717) is 6.61 Å². The Bertz CT molecular complexity index is 781. The van der Waals surface area contributed by atoms with Crippen molar-refractivity contribution in [2.75, 3.05) is 13.2 Å². The second kappa shape index (κ2) is 9.48. The first-order valence-electron chi connectivity index (χ1n) is 9.42. The van der Waals surface area contributed by atoms with Gasteiger partial charge in [0, 0.05) is 6.61 Å². The Morgan fingerprint density at radius 1 is 1.15 bits per heavy atom. The van der Waals surface area contributed by atoms with E-state index in [4.69, 9.17) is 9.47 Å². The molecule has 2 unspecified atom stereocenters. The third-order valence-electron chi connectivity index (χ3n) is 4.73. The molecule has 2 aromatic carbocycles. The Labute approximate surface area is 159 Å². The van der Waals surface area contributed by atoms with Crippen LogP contribution >= 0.6 is 0 Å². The molecule has 0 spiro atoms. The first-order valence-corrected chi connectivity index (χ1v) is 9.42. The molecule has 0 aromatic heterocycles. The third-order valence-corrected chi connectivity index (χ3v) is 4.73. The smallest absolute Gasteiger partial charge is 0.267 e. The van der Waals surface area contributed by atoms with E-state index >= 15 is 0 Å². The molecule has 2 amide bonds. The Morgan fingerprint density at radius 2 is 1.96 bits per heavy atom. The van der Waals surface area contributed by atoms with Crippen molar-refractivity contribution in [2.45, 2.75) is 44.8 Å². The maximum atomic E-state index is 12.2. The lowest BCUT2D eigenvalue weighted by atomic mass is 10.0. The Morgan fingerprint density at radius 3 is 2.78 bits per heavy atom. The molecule has 6 nitrogen and oxygen atoms in total. The normalized spacial score (nSPS) is 18.0. The van der Waals surface area contributed by atoms with E-state index < -0.39 is 6.10 Å². The van der Waals surface area contributed by atoms with Gasteiger partial charge < -0.3 is 9.47 Å². The lowest BCUT2D eigenvalue weighted by Gasteiger charge is -2.23. The van der Waals surface area contributed by atoms with Gasteiger partial charge in [0.05, 0.1) is 19.1 Å². The highest BCUT2D eigenvalue weighted by atomic mass is 16.5. The van der Waals surface area contributed by atoms with Gasteiger partial charge in [-0.25, -0.2) is 0 Å². The van der Waals surface area contributed by atoms with Gasteiger partial charge in [0.25, 0.3) is 5.91 Å². The fraction of sp³-hybridized carbons (Fsp3) is 0.429. The van der Waals surface area contributed by atoms with Gasteiger partial charge in [0.2, 0.25) is 5.91 Å². The SMILES string of the molecule is CC(OCC1CCCCO1)C(=O)NNC(=O)Cc1cccc2ccccc12. The van der Waals surface area contributed by atoms with Crippen molar-refractivity contribution in [3.8, 4) is 0 Å². The average Bonchev–Trinajstić information content (AvgIpc) is 2.71. The zero-order valence-corrected chi connectivity index (χ0v) is 15.6. The number of nitrogens with one attached hydrogen (secondary N) is 2. The van der Waals surface area contributed by atoms with Gasteiger partial charge in [-0.1, -0.05) is 42.5 Å². The maximum Gasteiger partial charge on any atom is 0.267 e. The van der Waals surface area contributed by atoms with Gasteiger partial charge in [0.1, 0.15) is 6.10 Å². The van der Waals surface area contributed by atoms with Crippen molar-refractivity contribution in [1.29, 1.82) is 0 Å². The zero-order chi connectivity index (χ0) is 19.1. The third kappa shape index (κ3) is 5.52. The van der Waals surface area contributed by atoms with Crippen molar-refractivity contribution in [1.82, 2.24) is 10.9 Å². The van der Waals surface area contributed by atoms with Gasteiger partial charge in [-0.05, 0) is 42.5 Å². The topological polar surface area (TPSA) is 76.7 Å². The van der Waals surface area contributed by atoms with Crippen LogP contribution in [-0.2, 0) is 25.5 Å². The standard InChI is InChI=1S/C21H26N2O4/c1-15(27-14-18-10-4-5-12-26-18)21(25)23-22-20(24)13-17-9-6-8-16-7-2-3-11-19(16)17/h2-3,6-9,11,15,18H,4-5,10,12-14H2,1H3,(H,22,24)(H,23,25). The predicted molar refractivity (Wildman–Crippen MR) is 103 cm³/mol. The van der Waals surface area contributed by atoms with Gasteiger partial charge in [-0.3, -0.25) is 20.4 Å². The molecule has 1 saturated heterocycles. The molecule has 6 heteroatoms. The molecule has 1 heterocycles. The van der Waals surface area contributed by atoms with Crippen molar-refractivity contribution < 1.29 is 19.1 Å². The highest BCUT2D eigenvalue weighted by molar-refractivity contribution is 5.91. The molecule has 2 aromatic rings. The van der Waals surface area contributed by atoms with Crippen LogP contribution in [-0.4, -0.2) is 37.2 Å². The van der Waals surface area contributed by atoms with Crippen LogP contribution in [0.1, 0.15) is 31.7 Å². The second-order valence-corrected chi connectivity index (χ2v) is 6.82. The van der Waals surface area contributed by atoms with Crippen LogP contribution in [0.4, 0.5) is 0 Å². The number of hydrogen-bond acceptors (Lipinski definition) is 4. The van der Waals surface area contributed by atoms with E-state index in [-0.39, 0.29) is 24.3 Å². The number of carbonyl (C=O) groups is 2. The zero-order valence-electron chi connectivity index (χ0n) is 15.6. The summed E-state index contributed by atoms with van der Waals surface area (Å²) in [5, 5.41) is 2.12. The summed E-state index contributed by atoms with van der Waals surface area (Å²) in [4.78, 5) is 24.3. The average molecular weight is 370 g/mol. The van der Waals surface area contributed by atoms with Crippen molar-refractivity contribution in [3.63, 3.8) is 0 Å². The first-order chi connectivity index (χ1) is 13.1. The molecule has 0 aliphatic carbocycles.